The average molecular weight is 257 g/mol. The van der Waals surface area contributed by atoms with E-state index < -0.39 is 6.43 Å². The molecule has 1 fully saturated rings. The van der Waals surface area contributed by atoms with Crippen molar-refractivity contribution in [2.45, 2.75) is 26.2 Å². The first-order chi connectivity index (χ1) is 8.54. The van der Waals surface area contributed by atoms with Gasteiger partial charge in [-0.1, -0.05) is 6.58 Å². The third kappa shape index (κ3) is 2.54. The predicted octanol–water partition coefficient (Wildman–Crippen LogP) is 2.25. The van der Waals surface area contributed by atoms with Crippen LogP contribution in [-0.2, 0) is 9.53 Å². The number of esters is 1. The van der Waals surface area contributed by atoms with E-state index in [0.717, 1.165) is 18.5 Å². The molecular weight excluding hydrogens is 240 g/mol. The molecule has 2 aliphatic rings. The van der Waals surface area contributed by atoms with Gasteiger partial charge in [-0.2, -0.15) is 0 Å². The Hall–Kier alpha value is -1.39. The third-order valence-corrected chi connectivity index (χ3v) is 3.45. The molecule has 5 heteroatoms. The number of halogens is 2. The fourth-order valence-electron chi connectivity index (χ4n) is 2.53. The van der Waals surface area contributed by atoms with Crippen LogP contribution < -0.4 is 5.32 Å². The summed E-state index contributed by atoms with van der Waals surface area (Å²) in [5.74, 6) is 0.309. The van der Waals surface area contributed by atoms with Crippen molar-refractivity contribution in [2.24, 2.45) is 11.8 Å². The molecule has 2 rings (SSSR count). The van der Waals surface area contributed by atoms with Crippen LogP contribution in [0.1, 0.15) is 19.8 Å². The number of hydrogen-bond acceptors (Lipinski definition) is 3. The maximum atomic E-state index is 12.7. The molecule has 0 bridgehead atoms. The zero-order valence-corrected chi connectivity index (χ0v) is 10.3. The molecule has 0 radical (unpaired) electrons. The van der Waals surface area contributed by atoms with Gasteiger partial charge in [0.1, 0.15) is 6.54 Å². The van der Waals surface area contributed by atoms with E-state index >= 15 is 0 Å². The van der Waals surface area contributed by atoms with Crippen molar-refractivity contribution in [3.63, 3.8) is 0 Å². The molecule has 2 aliphatic carbocycles. The average Bonchev–Trinajstić information content (AvgIpc) is 2.98. The zero-order chi connectivity index (χ0) is 13.3. The number of allylic oxidation sites excluding steroid dienone is 3. The molecule has 3 nitrogen and oxygen atoms in total. The number of hydrogen-bond donors (Lipinski definition) is 1. The standard InChI is InChI=1S/C13H17F2NO2/c1-3-18-11(17)6-16-10-5-8-4-9(8)12(10)7(2)13(14)15/h8-9,13,16H,2-6H2,1H3. The van der Waals surface area contributed by atoms with Crippen LogP contribution in [0.25, 0.3) is 0 Å². The summed E-state index contributed by atoms with van der Waals surface area (Å²) in [6.07, 6.45) is -0.824. The van der Waals surface area contributed by atoms with Gasteiger partial charge >= 0.3 is 5.97 Å². The van der Waals surface area contributed by atoms with Gasteiger partial charge in [0.05, 0.1) is 6.61 Å². The fraction of sp³-hybridized carbons (Fsp3) is 0.615. The lowest BCUT2D eigenvalue weighted by atomic mass is 10.0. The maximum Gasteiger partial charge on any atom is 0.325 e. The summed E-state index contributed by atoms with van der Waals surface area (Å²) < 4.78 is 30.2. The van der Waals surface area contributed by atoms with Crippen molar-refractivity contribution in [3.05, 3.63) is 23.4 Å². The van der Waals surface area contributed by atoms with Crippen molar-refractivity contribution in [3.8, 4) is 0 Å². The van der Waals surface area contributed by atoms with E-state index in [1.165, 1.54) is 0 Å². The van der Waals surface area contributed by atoms with Crippen LogP contribution in [0.15, 0.2) is 23.4 Å². The SMILES string of the molecule is C=C(C1=C(NCC(=O)OCC)CC2CC12)C(F)F. The summed E-state index contributed by atoms with van der Waals surface area (Å²) in [5, 5.41) is 2.92. The van der Waals surface area contributed by atoms with Crippen LogP contribution >= 0.6 is 0 Å². The van der Waals surface area contributed by atoms with Gasteiger partial charge in [-0.15, -0.1) is 0 Å². The molecule has 0 saturated heterocycles. The van der Waals surface area contributed by atoms with Crippen LogP contribution in [0.2, 0.25) is 0 Å². The van der Waals surface area contributed by atoms with Gasteiger partial charge in [-0.3, -0.25) is 4.79 Å². The molecule has 1 N–H and O–H groups in total. The highest BCUT2D eigenvalue weighted by molar-refractivity contribution is 5.72. The normalized spacial score (nSPS) is 25.1. The number of rotatable bonds is 6. The second kappa shape index (κ2) is 5.08. The first-order valence-corrected chi connectivity index (χ1v) is 6.14. The van der Waals surface area contributed by atoms with Crippen molar-refractivity contribution in [2.75, 3.05) is 13.2 Å². The zero-order valence-electron chi connectivity index (χ0n) is 10.3. The molecule has 0 aromatic heterocycles. The molecule has 0 aromatic rings. The second-order valence-corrected chi connectivity index (χ2v) is 4.68. The molecule has 100 valence electrons. The van der Waals surface area contributed by atoms with Gasteiger partial charge in [-0.25, -0.2) is 8.78 Å². The molecule has 2 unspecified atom stereocenters. The van der Waals surface area contributed by atoms with E-state index in [4.69, 9.17) is 4.74 Å². The van der Waals surface area contributed by atoms with Crippen LogP contribution in [0.3, 0.4) is 0 Å². The van der Waals surface area contributed by atoms with Crippen LogP contribution in [-0.4, -0.2) is 25.5 Å². The van der Waals surface area contributed by atoms with Gasteiger partial charge in [0.25, 0.3) is 6.43 Å². The Morgan fingerprint density at radius 1 is 1.61 bits per heavy atom. The Labute approximate surface area is 105 Å². The van der Waals surface area contributed by atoms with E-state index in [9.17, 15) is 13.6 Å². The lowest BCUT2D eigenvalue weighted by Gasteiger charge is -2.14. The molecule has 0 spiro atoms. The summed E-state index contributed by atoms with van der Waals surface area (Å²) in [4.78, 5) is 11.2. The van der Waals surface area contributed by atoms with E-state index in [1.807, 2.05) is 0 Å². The number of ether oxygens (including phenoxy) is 1. The first kappa shape index (κ1) is 13.1. The van der Waals surface area contributed by atoms with Crippen molar-refractivity contribution >= 4 is 5.97 Å². The second-order valence-electron chi connectivity index (χ2n) is 4.68. The molecule has 0 amide bonds. The monoisotopic (exact) mass is 257 g/mol. The van der Waals surface area contributed by atoms with Gasteiger partial charge in [0.2, 0.25) is 0 Å². The minimum Gasteiger partial charge on any atom is -0.465 e. The van der Waals surface area contributed by atoms with E-state index in [-0.39, 0.29) is 24.0 Å². The minimum atomic E-state index is -2.53. The molecule has 2 atom stereocenters. The number of carbonyl (C=O) groups is 1. The summed E-state index contributed by atoms with van der Waals surface area (Å²) >= 11 is 0. The van der Waals surface area contributed by atoms with Gasteiger partial charge < -0.3 is 10.1 Å². The van der Waals surface area contributed by atoms with E-state index in [1.54, 1.807) is 6.92 Å². The third-order valence-electron chi connectivity index (χ3n) is 3.45. The Bertz CT molecular complexity index is 404. The quantitative estimate of drug-likeness (QED) is 0.742. The summed E-state index contributed by atoms with van der Waals surface area (Å²) in [5.41, 5.74) is 1.28. The topological polar surface area (TPSA) is 38.3 Å². The first-order valence-electron chi connectivity index (χ1n) is 6.14. The molecule has 0 aromatic carbocycles. The van der Waals surface area contributed by atoms with Crippen LogP contribution in [0.4, 0.5) is 8.78 Å². The number of nitrogens with one attached hydrogen (secondary N) is 1. The highest BCUT2D eigenvalue weighted by atomic mass is 19.3. The highest BCUT2D eigenvalue weighted by Gasteiger charge is 2.48. The van der Waals surface area contributed by atoms with Gasteiger partial charge in [0.15, 0.2) is 0 Å². The van der Waals surface area contributed by atoms with Crippen LogP contribution in [0, 0.1) is 11.8 Å². The fourth-order valence-corrected chi connectivity index (χ4v) is 2.53. The minimum absolute atomic E-state index is 0.0304. The Kier molecular flexibility index (Phi) is 3.68. The number of carbonyl (C=O) groups excluding carboxylic acids is 1. The van der Waals surface area contributed by atoms with Crippen LogP contribution in [0.5, 0.6) is 0 Å². The molecule has 0 heterocycles. The van der Waals surface area contributed by atoms with Gasteiger partial charge in [-0.05, 0) is 37.2 Å². The summed E-state index contributed by atoms with van der Waals surface area (Å²) in [6, 6.07) is 0. The van der Waals surface area contributed by atoms with Crippen molar-refractivity contribution < 1.29 is 18.3 Å². The van der Waals surface area contributed by atoms with Gasteiger partial charge in [0, 0.05) is 11.3 Å². The predicted molar refractivity (Wildman–Crippen MR) is 63.0 cm³/mol. The van der Waals surface area contributed by atoms with Crippen molar-refractivity contribution in [1.29, 1.82) is 0 Å². The van der Waals surface area contributed by atoms with E-state index in [2.05, 4.69) is 11.9 Å². The molecule has 18 heavy (non-hydrogen) atoms. The largest absolute Gasteiger partial charge is 0.465 e. The number of alkyl halides is 2. The Morgan fingerprint density at radius 2 is 2.33 bits per heavy atom. The highest BCUT2D eigenvalue weighted by Crippen LogP contribution is 2.56. The smallest absolute Gasteiger partial charge is 0.325 e. The number of fused-ring (bicyclic) bond motifs is 1. The molecular formula is C13H17F2NO2. The Morgan fingerprint density at radius 3 is 2.94 bits per heavy atom. The van der Waals surface area contributed by atoms with E-state index in [0.29, 0.717) is 18.1 Å². The molecule has 1 saturated carbocycles. The maximum absolute atomic E-state index is 12.7. The lowest BCUT2D eigenvalue weighted by molar-refractivity contribution is -0.141. The Balaban J connectivity index is 2.00. The summed E-state index contributed by atoms with van der Waals surface area (Å²) in [7, 11) is 0. The lowest BCUT2D eigenvalue weighted by Crippen LogP contribution is -2.25. The molecule has 0 aliphatic heterocycles. The van der Waals surface area contributed by atoms with Crippen molar-refractivity contribution in [1.82, 2.24) is 5.32 Å². The summed E-state index contributed by atoms with van der Waals surface area (Å²) in [6.45, 7) is 5.54.